The number of anilines is 1. The minimum Gasteiger partial charge on any atom is -0.487 e. The van der Waals surface area contributed by atoms with Gasteiger partial charge in [-0.05, 0) is 48.1 Å². The lowest BCUT2D eigenvalue weighted by molar-refractivity contribution is 0.257. The maximum atomic E-state index is 14.7. The van der Waals surface area contributed by atoms with Crippen molar-refractivity contribution in [2.75, 3.05) is 30.9 Å². The summed E-state index contributed by atoms with van der Waals surface area (Å²) >= 11 is 0. The second-order valence-corrected chi connectivity index (χ2v) is 10.9. The molecule has 1 unspecified atom stereocenters. The van der Waals surface area contributed by atoms with Gasteiger partial charge >= 0.3 is 0 Å². The van der Waals surface area contributed by atoms with Crippen LogP contribution in [0.4, 0.5) is 14.7 Å². The van der Waals surface area contributed by atoms with Gasteiger partial charge in [-0.3, -0.25) is 4.98 Å². The van der Waals surface area contributed by atoms with Crippen LogP contribution in [0.25, 0.3) is 11.3 Å². The third-order valence-electron chi connectivity index (χ3n) is 6.63. The molecule has 1 aliphatic heterocycles. The molecule has 3 atom stereocenters. The van der Waals surface area contributed by atoms with E-state index in [9.17, 15) is 17.2 Å². The minimum atomic E-state index is -3.40. The zero-order valence-corrected chi connectivity index (χ0v) is 19.6. The molecule has 2 fully saturated rings. The van der Waals surface area contributed by atoms with Crippen LogP contribution >= 0.6 is 0 Å². The lowest BCUT2D eigenvalue weighted by atomic mass is 10.1. The fourth-order valence-electron chi connectivity index (χ4n) is 4.55. The third-order valence-corrected chi connectivity index (χ3v) is 7.73. The third kappa shape index (κ3) is 4.34. The Labute approximate surface area is 196 Å². The van der Waals surface area contributed by atoms with Crippen LogP contribution in [0.1, 0.15) is 12.5 Å². The topological polar surface area (TPSA) is 85.3 Å². The average molecular weight is 487 g/mol. The van der Waals surface area contributed by atoms with Crippen LogP contribution in [0.15, 0.2) is 47.8 Å². The number of nitrogens with zero attached hydrogens (tertiary/aromatic N) is 4. The van der Waals surface area contributed by atoms with Crippen LogP contribution in [0.3, 0.4) is 0 Å². The van der Waals surface area contributed by atoms with Gasteiger partial charge in [0, 0.05) is 49.4 Å². The predicted molar refractivity (Wildman–Crippen MR) is 122 cm³/mol. The van der Waals surface area contributed by atoms with Crippen LogP contribution in [0.5, 0.6) is 5.75 Å². The van der Waals surface area contributed by atoms with Crippen LogP contribution in [-0.4, -0.2) is 49.3 Å². The molecule has 0 N–H and O–H groups in total. The van der Waals surface area contributed by atoms with Crippen LogP contribution in [0, 0.1) is 29.4 Å². The van der Waals surface area contributed by atoms with Crippen LogP contribution in [-0.2, 0) is 16.3 Å². The summed E-state index contributed by atoms with van der Waals surface area (Å²) in [5.74, 6) is -0.280. The van der Waals surface area contributed by atoms with Gasteiger partial charge in [-0.1, -0.05) is 6.92 Å². The quantitative estimate of drug-likeness (QED) is 0.505. The molecule has 0 bridgehead atoms. The predicted octanol–water partition coefficient (Wildman–Crippen LogP) is 3.54. The molecule has 2 aliphatic rings. The maximum Gasteiger partial charge on any atom is 0.225 e. The number of hydrogen-bond donors (Lipinski definition) is 0. The monoisotopic (exact) mass is 486 g/mol. The Morgan fingerprint density at radius 1 is 1.03 bits per heavy atom. The molecule has 1 saturated heterocycles. The van der Waals surface area contributed by atoms with E-state index in [4.69, 9.17) is 4.74 Å². The smallest absolute Gasteiger partial charge is 0.225 e. The molecular weight excluding hydrogens is 462 g/mol. The Balaban J connectivity index is 1.20. The molecule has 3 heterocycles. The summed E-state index contributed by atoms with van der Waals surface area (Å²) in [5.41, 5.74) is 1.56. The highest BCUT2D eigenvalue weighted by Gasteiger charge is 2.56. The van der Waals surface area contributed by atoms with Gasteiger partial charge in [0.15, 0.2) is 27.2 Å². The van der Waals surface area contributed by atoms with Crippen LogP contribution in [0.2, 0.25) is 0 Å². The molecule has 7 nitrogen and oxygen atoms in total. The van der Waals surface area contributed by atoms with Crippen molar-refractivity contribution in [1.29, 1.82) is 0 Å². The van der Waals surface area contributed by atoms with Gasteiger partial charge in [-0.25, -0.2) is 27.2 Å². The van der Waals surface area contributed by atoms with Gasteiger partial charge in [-0.15, -0.1) is 0 Å². The summed E-state index contributed by atoms with van der Waals surface area (Å²) in [7, 11) is -3.40. The SMILES string of the molecule is CCc1cnc(N2CC3[C@@H](COc4c(F)cc(-c5ccc(S(C)(=O)=O)cn5)cc4F)[C@@H]3C2)nc1. The molecule has 0 amide bonds. The lowest BCUT2D eigenvalue weighted by Gasteiger charge is -2.20. The number of halogens is 2. The highest BCUT2D eigenvalue weighted by molar-refractivity contribution is 7.90. The number of sulfone groups is 1. The number of piperidine rings is 1. The van der Waals surface area contributed by atoms with Gasteiger partial charge in [0.05, 0.1) is 17.2 Å². The minimum absolute atomic E-state index is 0.0373. The van der Waals surface area contributed by atoms with E-state index in [1.165, 1.54) is 18.3 Å². The van der Waals surface area contributed by atoms with Crippen molar-refractivity contribution < 1.29 is 21.9 Å². The van der Waals surface area contributed by atoms with Crippen molar-refractivity contribution in [2.24, 2.45) is 17.8 Å². The first-order valence-electron chi connectivity index (χ1n) is 11.1. The van der Waals surface area contributed by atoms with Crippen molar-refractivity contribution in [3.05, 3.63) is 60.1 Å². The highest BCUT2D eigenvalue weighted by Crippen LogP contribution is 2.52. The van der Waals surface area contributed by atoms with E-state index in [-0.39, 0.29) is 28.7 Å². The maximum absolute atomic E-state index is 14.7. The zero-order valence-electron chi connectivity index (χ0n) is 18.8. The second kappa shape index (κ2) is 8.57. The molecule has 178 valence electrons. The van der Waals surface area contributed by atoms with E-state index in [1.807, 2.05) is 12.4 Å². The van der Waals surface area contributed by atoms with Gasteiger partial charge in [0.1, 0.15) is 0 Å². The van der Waals surface area contributed by atoms with Gasteiger partial charge in [0.2, 0.25) is 5.95 Å². The molecule has 1 aromatic carbocycles. The van der Waals surface area contributed by atoms with Crippen molar-refractivity contribution in [1.82, 2.24) is 15.0 Å². The molecular formula is C24H24F2N4O3S. The molecule has 2 aromatic heterocycles. The molecule has 10 heteroatoms. The first-order valence-corrected chi connectivity index (χ1v) is 13.0. The molecule has 1 saturated carbocycles. The Morgan fingerprint density at radius 2 is 1.68 bits per heavy atom. The Bertz CT molecular complexity index is 1280. The number of ether oxygens (including phenoxy) is 1. The van der Waals surface area contributed by atoms with E-state index >= 15 is 0 Å². The summed E-state index contributed by atoms with van der Waals surface area (Å²) in [6, 6.07) is 5.07. The van der Waals surface area contributed by atoms with Crippen molar-refractivity contribution in [3.8, 4) is 17.0 Å². The summed E-state index contributed by atoms with van der Waals surface area (Å²) in [6.45, 7) is 3.92. The van der Waals surface area contributed by atoms with Gasteiger partial charge in [-0.2, -0.15) is 0 Å². The van der Waals surface area contributed by atoms with Crippen molar-refractivity contribution in [2.45, 2.75) is 18.2 Å². The van der Waals surface area contributed by atoms with E-state index in [2.05, 4.69) is 26.8 Å². The first kappa shape index (κ1) is 22.6. The van der Waals surface area contributed by atoms with E-state index in [0.717, 1.165) is 49.4 Å². The van der Waals surface area contributed by atoms with Crippen LogP contribution < -0.4 is 9.64 Å². The number of benzene rings is 1. The summed E-state index contributed by atoms with van der Waals surface area (Å²) in [4.78, 5) is 15.1. The van der Waals surface area contributed by atoms with E-state index in [0.29, 0.717) is 11.8 Å². The molecule has 1 aliphatic carbocycles. The van der Waals surface area contributed by atoms with E-state index < -0.39 is 27.2 Å². The average Bonchev–Trinajstić information content (AvgIpc) is 3.26. The lowest BCUT2D eigenvalue weighted by Crippen LogP contribution is -2.27. The fraction of sp³-hybridized carbons (Fsp3) is 0.375. The van der Waals surface area contributed by atoms with Crippen molar-refractivity contribution >= 4 is 15.8 Å². The number of aromatic nitrogens is 3. The number of rotatable bonds is 7. The van der Waals surface area contributed by atoms with Crippen molar-refractivity contribution in [3.63, 3.8) is 0 Å². The Hall–Kier alpha value is -3.14. The number of hydrogen-bond acceptors (Lipinski definition) is 7. The second-order valence-electron chi connectivity index (χ2n) is 8.87. The molecule has 5 rings (SSSR count). The summed E-state index contributed by atoms with van der Waals surface area (Å²) in [5, 5.41) is 0. The zero-order chi connectivity index (χ0) is 24.0. The van der Waals surface area contributed by atoms with E-state index in [1.54, 1.807) is 0 Å². The number of aryl methyl sites for hydroxylation is 1. The Morgan fingerprint density at radius 3 is 2.21 bits per heavy atom. The molecule has 3 aromatic rings. The number of fused-ring (bicyclic) bond motifs is 1. The first-order chi connectivity index (χ1) is 16.2. The number of pyridine rings is 1. The fourth-order valence-corrected chi connectivity index (χ4v) is 5.11. The largest absolute Gasteiger partial charge is 0.487 e. The van der Waals surface area contributed by atoms with Gasteiger partial charge < -0.3 is 9.64 Å². The summed E-state index contributed by atoms with van der Waals surface area (Å²) in [6.07, 6.45) is 6.82. The Kier molecular flexibility index (Phi) is 5.71. The standard InChI is InChI=1S/C24H24F2N4O3S/c1-3-14-8-28-24(29-9-14)30-11-17-18(12-30)19(17)13-33-23-20(25)6-15(7-21(23)26)22-5-4-16(10-27-22)34(2,31)32/h4-10,17-19H,3,11-13H2,1-2H3/t17-,18?,19+/m1/s1. The molecule has 0 radical (unpaired) electrons. The molecule has 0 spiro atoms. The highest BCUT2D eigenvalue weighted by atomic mass is 32.2. The normalized spacial score (nSPS) is 21.4. The summed E-state index contributed by atoms with van der Waals surface area (Å²) < 4.78 is 58.0. The molecule has 34 heavy (non-hydrogen) atoms. The van der Waals surface area contributed by atoms with Gasteiger partial charge in [0.25, 0.3) is 0 Å².